The summed E-state index contributed by atoms with van der Waals surface area (Å²) in [5.74, 6) is 1.29. The van der Waals surface area contributed by atoms with E-state index in [-0.39, 0.29) is 0 Å². The molecule has 3 nitrogen and oxygen atoms in total. The molecule has 116 valence electrons. The van der Waals surface area contributed by atoms with Gasteiger partial charge in [-0.3, -0.25) is 0 Å². The first-order valence-electron chi connectivity index (χ1n) is 8.76. The van der Waals surface area contributed by atoms with Crippen molar-refractivity contribution in [2.45, 2.75) is 43.8 Å². The second-order valence-corrected chi connectivity index (χ2v) is 7.66. The Morgan fingerprint density at radius 3 is 3.00 bits per heavy atom. The summed E-state index contributed by atoms with van der Waals surface area (Å²) in [6.07, 6.45) is 4.83. The van der Waals surface area contributed by atoms with Gasteiger partial charge in [0.1, 0.15) is 18.6 Å². The molecular weight excluding hydrogens is 272 g/mol. The van der Waals surface area contributed by atoms with E-state index in [2.05, 4.69) is 42.6 Å². The molecule has 0 saturated carbocycles. The van der Waals surface area contributed by atoms with Crippen molar-refractivity contribution in [3.63, 3.8) is 0 Å². The average Bonchev–Trinajstić information content (AvgIpc) is 3.18. The van der Waals surface area contributed by atoms with Crippen molar-refractivity contribution in [1.29, 1.82) is 0 Å². The zero-order valence-corrected chi connectivity index (χ0v) is 13.2. The van der Waals surface area contributed by atoms with Crippen molar-refractivity contribution in [3.05, 3.63) is 41.5 Å². The molecule has 0 amide bonds. The molecule has 22 heavy (non-hydrogen) atoms. The van der Waals surface area contributed by atoms with Crippen molar-refractivity contribution in [2.75, 3.05) is 25.0 Å². The highest BCUT2D eigenvalue weighted by Crippen LogP contribution is 2.56. The molecule has 2 N–H and O–H groups in total. The highest BCUT2D eigenvalue weighted by molar-refractivity contribution is 5.60. The fourth-order valence-corrected chi connectivity index (χ4v) is 6.30. The molecule has 4 aliphatic heterocycles. The Balaban J connectivity index is 1.55. The van der Waals surface area contributed by atoms with Gasteiger partial charge in [-0.05, 0) is 24.1 Å². The topological polar surface area (TPSA) is 32.3 Å². The maximum absolute atomic E-state index is 10.0. The predicted molar refractivity (Wildman–Crippen MR) is 87.7 cm³/mol. The maximum atomic E-state index is 10.0. The molecule has 3 saturated heterocycles. The van der Waals surface area contributed by atoms with Crippen molar-refractivity contribution in [3.8, 4) is 0 Å². The molecule has 0 aromatic heterocycles. The zero-order chi connectivity index (χ0) is 14.9. The first-order chi connectivity index (χ1) is 10.8. The van der Waals surface area contributed by atoms with Crippen LogP contribution in [0.25, 0.3) is 0 Å². The Hall–Kier alpha value is -1.32. The standard InChI is InChI=1S/C19H25N2O/c1-2-12-10-21-8-7-14-13-5-3-4-6-16(13)20-19(14)17(21)9-15(12)18(21)11-22/h2-6,14-15,17-20,22H,7-11H2,1H3/q+1/b12-2-/t14?,15-,17?,18+,19+,21?/m1/s1. The maximum Gasteiger partial charge on any atom is 0.120 e. The number of hydrogen-bond acceptors (Lipinski definition) is 2. The third kappa shape index (κ3) is 1.40. The summed E-state index contributed by atoms with van der Waals surface area (Å²) in [4.78, 5) is 0. The number of nitrogens with zero attached hydrogens (tertiary/aromatic N) is 1. The predicted octanol–water partition coefficient (Wildman–Crippen LogP) is 2.49. The average molecular weight is 297 g/mol. The van der Waals surface area contributed by atoms with Gasteiger partial charge in [0.05, 0.1) is 19.2 Å². The Labute approximate surface area is 132 Å². The minimum atomic E-state index is 0.350. The fraction of sp³-hybridized carbons (Fsp3) is 0.579. The first kappa shape index (κ1) is 13.1. The number of nitrogens with one attached hydrogen (secondary N) is 1. The number of allylic oxidation sites excluding steroid dienone is 1. The van der Waals surface area contributed by atoms with Gasteiger partial charge < -0.3 is 14.9 Å². The van der Waals surface area contributed by atoms with Crippen molar-refractivity contribution >= 4 is 5.69 Å². The van der Waals surface area contributed by atoms with Crippen LogP contribution in [0, 0.1) is 5.92 Å². The number of fused-ring (bicyclic) bond motifs is 5. The van der Waals surface area contributed by atoms with Crippen molar-refractivity contribution in [1.82, 2.24) is 0 Å². The molecule has 4 heterocycles. The second kappa shape index (κ2) is 4.36. The number of rotatable bonds is 1. The summed E-state index contributed by atoms with van der Waals surface area (Å²) < 4.78 is 1.16. The second-order valence-electron chi connectivity index (χ2n) is 7.66. The van der Waals surface area contributed by atoms with Gasteiger partial charge in [0.25, 0.3) is 0 Å². The number of quaternary nitrogens is 1. The largest absolute Gasteiger partial charge is 0.390 e. The summed E-state index contributed by atoms with van der Waals surface area (Å²) >= 11 is 0. The summed E-state index contributed by atoms with van der Waals surface area (Å²) in [6.45, 7) is 4.94. The smallest absolute Gasteiger partial charge is 0.120 e. The lowest BCUT2D eigenvalue weighted by molar-refractivity contribution is -0.956. The van der Waals surface area contributed by atoms with Crippen LogP contribution in [0.3, 0.4) is 0 Å². The number of benzene rings is 1. The molecule has 1 aromatic carbocycles. The number of piperidine rings is 2. The van der Waals surface area contributed by atoms with Gasteiger partial charge in [0, 0.05) is 30.4 Å². The zero-order valence-electron chi connectivity index (χ0n) is 13.2. The quantitative estimate of drug-likeness (QED) is 0.616. The van der Waals surface area contributed by atoms with E-state index in [0.29, 0.717) is 36.6 Å². The van der Waals surface area contributed by atoms with E-state index in [9.17, 15) is 5.11 Å². The Morgan fingerprint density at radius 2 is 2.18 bits per heavy atom. The summed E-state index contributed by atoms with van der Waals surface area (Å²) in [6, 6.07) is 10.6. The first-order valence-corrected chi connectivity index (χ1v) is 8.76. The Kier molecular flexibility index (Phi) is 2.61. The summed E-state index contributed by atoms with van der Waals surface area (Å²) in [5, 5.41) is 13.9. The van der Waals surface area contributed by atoms with E-state index >= 15 is 0 Å². The molecule has 0 radical (unpaired) electrons. The number of aliphatic hydroxyl groups is 1. The molecule has 1 aromatic rings. The van der Waals surface area contributed by atoms with Crippen LogP contribution in [0.15, 0.2) is 35.9 Å². The van der Waals surface area contributed by atoms with Gasteiger partial charge in [0.2, 0.25) is 0 Å². The van der Waals surface area contributed by atoms with Crippen LogP contribution in [0.5, 0.6) is 0 Å². The van der Waals surface area contributed by atoms with E-state index < -0.39 is 0 Å². The van der Waals surface area contributed by atoms with Gasteiger partial charge in [0.15, 0.2) is 0 Å². The number of anilines is 1. The van der Waals surface area contributed by atoms with E-state index in [4.69, 9.17) is 0 Å². The van der Waals surface area contributed by atoms with Gasteiger partial charge in [-0.15, -0.1) is 0 Å². The normalized spacial score (nSPS) is 46.3. The lowest BCUT2D eigenvalue weighted by Crippen LogP contribution is -2.65. The van der Waals surface area contributed by atoms with Gasteiger partial charge >= 0.3 is 0 Å². The fourth-order valence-electron chi connectivity index (χ4n) is 6.30. The molecule has 1 spiro atoms. The SMILES string of the molecule is C/C=C1/C[N+]23CCC4c5ccccc5N[C@@H]4C2C[C@H]1[C@@H]3CO. The number of hydrogen-bond donors (Lipinski definition) is 2. The third-order valence-corrected chi connectivity index (χ3v) is 7.18. The third-order valence-electron chi connectivity index (χ3n) is 7.18. The molecule has 3 heteroatoms. The lowest BCUT2D eigenvalue weighted by atomic mass is 9.79. The molecule has 0 aliphatic carbocycles. The van der Waals surface area contributed by atoms with Crippen LogP contribution in [0.1, 0.15) is 31.2 Å². The summed E-state index contributed by atoms with van der Waals surface area (Å²) in [5.41, 5.74) is 4.48. The van der Waals surface area contributed by atoms with E-state index in [1.54, 1.807) is 5.57 Å². The lowest BCUT2D eigenvalue weighted by Gasteiger charge is -2.50. The molecule has 2 bridgehead atoms. The van der Waals surface area contributed by atoms with E-state index in [1.165, 1.54) is 37.2 Å². The molecule has 3 unspecified atom stereocenters. The van der Waals surface area contributed by atoms with Crippen LogP contribution in [0.2, 0.25) is 0 Å². The summed E-state index contributed by atoms with van der Waals surface area (Å²) in [7, 11) is 0. The minimum Gasteiger partial charge on any atom is -0.390 e. The van der Waals surface area contributed by atoms with Crippen LogP contribution in [0.4, 0.5) is 5.69 Å². The Morgan fingerprint density at radius 1 is 1.32 bits per heavy atom. The van der Waals surface area contributed by atoms with Crippen LogP contribution in [-0.2, 0) is 0 Å². The highest BCUT2D eigenvalue weighted by atomic mass is 16.3. The van der Waals surface area contributed by atoms with Crippen molar-refractivity contribution in [2.24, 2.45) is 5.92 Å². The molecular formula is C19H25N2O+. The molecule has 6 atom stereocenters. The number of aliphatic hydroxyl groups excluding tert-OH is 1. The van der Waals surface area contributed by atoms with E-state index in [1.807, 2.05) is 0 Å². The van der Waals surface area contributed by atoms with Gasteiger partial charge in [-0.25, -0.2) is 0 Å². The molecule has 5 rings (SSSR count). The molecule has 3 fully saturated rings. The van der Waals surface area contributed by atoms with Gasteiger partial charge in [-0.1, -0.05) is 24.3 Å². The molecule has 4 aliphatic rings. The monoisotopic (exact) mass is 297 g/mol. The highest BCUT2D eigenvalue weighted by Gasteiger charge is 2.66. The van der Waals surface area contributed by atoms with Crippen molar-refractivity contribution < 1.29 is 9.59 Å². The van der Waals surface area contributed by atoms with Crippen LogP contribution >= 0.6 is 0 Å². The van der Waals surface area contributed by atoms with Crippen LogP contribution < -0.4 is 5.32 Å². The minimum absolute atomic E-state index is 0.350. The van der Waals surface area contributed by atoms with Gasteiger partial charge in [-0.2, -0.15) is 0 Å². The Bertz CT molecular complexity index is 655. The van der Waals surface area contributed by atoms with E-state index in [0.717, 1.165) is 4.48 Å². The van der Waals surface area contributed by atoms with Crippen LogP contribution in [-0.4, -0.2) is 47.4 Å². The number of para-hydroxylation sites is 1.